The summed E-state index contributed by atoms with van der Waals surface area (Å²) >= 11 is 7.32. The number of aromatic nitrogens is 2. The third kappa shape index (κ3) is 4.51. The summed E-state index contributed by atoms with van der Waals surface area (Å²) in [7, 11) is 0. The molecule has 0 saturated heterocycles. The van der Waals surface area contributed by atoms with Crippen molar-refractivity contribution in [3.63, 3.8) is 0 Å². The van der Waals surface area contributed by atoms with Gasteiger partial charge in [0, 0.05) is 22.3 Å². The first-order valence-corrected chi connectivity index (χ1v) is 8.13. The topological polar surface area (TPSA) is 66.9 Å². The highest BCUT2D eigenvalue weighted by Gasteiger charge is 2.09. The van der Waals surface area contributed by atoms with Gasteiger partial charge in [-0.25, -0.2) is 9.97 Å². The Balaban J connectivity index is 1.59. The van der Waals surface area contributed by atoms with E-state index in [1.54, 1.807) is 30.5 Å². The predicted octanol–water partition coefficient (Wildman–Crippen LogP) is 4.12. The number of benzene rings is 1. The van der Waals surface area contributed by atoms with E-state index in [0.717, 1.165) is 5.82 Å². The first kappa shape index (κ1) is 15.5. The number of anilines is 3. The number of halogens is 1. The van der Waals surface area contributed by atoms with Gasteiger partial charge in [-0.2, -0.15) is 0 Å². The van der Waals surface area contributed by atoms with Gasteiger partial charge in [0.25, 0.3) is 0 Å². The van der Waals surface area contributed by atoms with Crippen LogP contribution >= 0.6 is 22.9 Å². The predicted molar refractivity (Wildman–Crippen MR) is 93.4 cm³/mol. The van der Waals surface area contributed by atoms with Crippen LogP contribution in [-0.4, -0.2) is 15.9 Å². The molecule has 116 valence electrons. The monoisotopic (exact) mass is 344 g/mol. The van der Waals surface area contributed by atoms with Gasteiger partial charge in [-0.15, -0.1) is 11.3 Å². The number of amides is 1. The normalized spacial score (nSPS) is 10.3. The van der Waals surface area contributed by atoms with E-state index in [2.05, 4.69) is 20.6 Å². The van der Waals surface area contributed by atoms with Crippen molar-refractivity contribution in [3.05, 3.63) is 64.8 Å². The average Bonchev–Trinajstić information content (AvgIpc) is 2.95. The highest BCUT2D eigenvalue weighted by molar-refractivity contribution is 7.13. The van der Waals surface area contributed by atoms with Gasteiger partial charge >= 0.3 is 0 Å². The molecule has 7 heteroatoms. The van der Waals surface area contributed by atoms with Crippen molar-refractivity contribution in [1.29, 1.82) is 0 Å². The zero-order valence-corrected chi connectivity index (χ0v) is 13.6. The standard InChI is InChI=1S/C16H13ClN4OS/c17-11-4-3-5-12(8-11)19-15(22)9-13-10-23-16(20-13)21-14-6-1-2-7-18-14/h1-8,10H,9H2,(H,19,22)(H,18,20,21). The number of carbonyl (C=O) groups excluding carboxylic acids is 1. The molecule has 23 heavy (non-hydrogen) atoms. The Morgan fingerprint density at radius 1 is 1.22 bits per heavy atom. The van der Waals surface area contributed by atoms with E-state index in [1.165, 1.54) is 11.3 Å². The highest BCUT2D eigenvalue weighted by Crippen LogP contribution is 2.20. The second kappa shape index (κ2) is 7.21. The van der Waals surface area contributed by atoms with Crippen molar-refractivity contribution in [3.8, 4) is 0 Å². The Kier molecular flexibility index (Phi) is 4.85. The van der Waals surface area contributed by atoms with Crippen LogP contribution in [0.3, 0.4) is 0 Å². The first-order valence-electron chi connectivity index (χ1n) is 6.87. The molecule has 0 saturated carbocycles. The van der Waals surface area contributed by atoms with Crippen LogP contribution in [0.2, 0.25) is 5.02 Å². The van der Waals surface area contributed by atoms with Crippen LogP contribution in [0.15, 0.2) is 54.0 Å². The molecule has 0 bridgehead atoms. The smallest absolute Gasteiger partial charge is 0.230 e. The van der Waals surface area contributed by atoms with E-state index in [0.29, 0.717) is 21.5 Å². The Morgan fingerprint density at radius 2 is 2.13 bits per heavy atom. The maximum atomic E-state index is 12.0. The molecule has 3 rings (SSSR count). The summed E-state index contributed by atoms with van der Waals surface area (Å²) in [5.41, 5.74) is 1.37. The maximum absolute atomic E-state index is 12.0. The molecule has 0 spiro atoms. The van der Waals surface area contributed by atoms with Gasteiger partial charge in [-0.05, 0) is 30.3 Å². The van der Waals surface area contributed by atoms with E-state index in [4.69, 9.17) is 11.6 Å². The summed E-state index contributed by atoms with van der Waals surface area (Å²) in [5.74, 6) is 0.582. The average molecular weight is 345 g/mol. The highest BCUT2D eigenvalue weighted by atomic mass is 35.5. The minimum Gasteiger partial charge on any atom is -0.326 e. The summed E-state index contributed by atoms with van der Waals surface area (Å²) in [6, 6.07) is 12.6. The van der Waals surface area contributed by atoms with E-state index in [-0.39, 0.29) is 12.3 Å². The van der Waals surface area contributed by atoms with Crippen LogP contribution in [-0.2, 0) is 11.2 Å². The summed E-state index contributed by atoms with van der Waals surface area (Å²) in [4.78, 5) is 20.6. The Morgan fingerprint density at radius 3 is 2.91 bits per heavy atom. The number of thiazole rings is 1. The number of nitrogens with one attached hydrogen (secondary N) is 2. The van der Waals surface area contributed by atoms with E-state index in [1.807, 2.05) is 23.6 Å². The van der Waals surface area contributed by atoms with Gasteiger partial charge in [0.1, 0.15) is 5.82 Å². The van der Waals surface area contributed by atoms with Crippen molar-refractivity contribution >= 4 is 45.5 Å². The fourth-order valence-corrected chi connectivity index (χ4v) is 2.84. The van der Waals surface area contributed by atoms with Crippen LogP contribution in [0.25, 0.3) is 0 Å². The van der Waals surface area contributed by atoms with E-state index >= 15 is 0 Å². The summed E-state index contributed by atoms with van der Waals surface area (Å²) in [5, 5.41) is 9.04. The van der Waals surface area contributed by atoms with Gasteiger partial charge in [0.15, 0.2) is 5.13 Å². The number of nitrogens with zero attached hydrogens (tertiary/aromatic N) is 2. The quantitative estimate of drug-likeness (QED) is 0.730. The molecular weight excluding hydrogens is 332 g/mol. The number of rotatable bonds is 5. The van der Waals surface area contributed by atoms with Gasteiger partial charge in [-0.3, -0.25) is 4.79 Å². The molecule has 1 aromatic carbocycles. The van der Waals surface area contributed by atoms with Crippen LogP contribution in [0.5, 0.6) is 0 Å². The van der Waals surface area contributed by atoms with Crippen molar-refractivity contribution in [2.75, 3.05) is 10.6 Å². The molecule has 0 radical (unpaired) electrons. The van der Waals surface area contributed by atoms with Gasteiger partial charge in [0.05, 0.1) is 12.1 Å². The number of hydrogen-bond donors (Lipinski definition) is 2. The second-order valence-electron chi connectivity index (χ2n) is 4.72. The van der Waals surface area contributed by atoms with Crippen LogP contribution < -0.4 is 10.6 Å². The van der Waals surface area contributed by atoms with Gasteiger partial charge < -0.3 is 10.6 Å². The molecule has 0 fully saturated rings. The minimum absolute atomic E-state index is 0.137. The van der Waals surface area contributed by atoms with Crippen LogP contribution in [0, 0.1) is 0 Å². The van der Waals surface area contributed by atoms with Gasteiger partial charge in [-0.1, -0.05) is 23.7 Å². The lowest BCUT2D eigenvalue weighted by Gasteiger charge is -2.04. The minimum atomic E-state index is -0.137. The number of pyridine rings is 1. The maximum Gasteiger partial charge on any atom is 0.230 e. The Hall–Kier alpha value is -2.44. The largest absolute Gasteiger partial charge is 0.326 e. The van der Waals surface area contributed by atoms with Crippen molar-refractivity contribution < 1.29 is 4.79 Å². The lowest BCUT2D eigenvalue weighted by atomic mass is 10.3. The number of hydrogen-bond acceptors (Lipinski definition) is 5. The van der Waals surface area contributed by atoms with Crippen molar-refractivity contribution in [1.82, 2.24) is 9.97 Å². The molecule has 2 heterocycles. The molecule has 0 aliphatic rings. The summed E-state index contributed by atoms with van der Waals surface area (Å²) < 4.78 is 0. The van der Waals surface area contributed by atoms with Crippen LogP contribution in [0.1, 0.15) is 5.69 Å². The molecule has 0 aliphatic carbocycles. The van der Waals surface area contributed by atoms with E-state index in [9.17, 15) is 4.79 Å². The zero-order chi connectivity index (χ0) is 16.1. The van der Waals surface area contributed by atoms with Crippen molar-refractivity contribution in [2.45, 2.75) is 6.42 Å². The second-order valence-corrected chi connectivity index (χ2v) is 6.01. The molecule has 5 nitrogen and oxygen atoms in total. The van der Waals surface area contributed by atoms with E-state index < -0.39 is 0 Å². The summed E-state index contributed by atoms with van der Waals surface area (Å²) in [6.45, 7) is 0. The third-order valence-electron chi connectivity index (χ3n) is 2.90. The molecule has 0 atom stereocenters. The lowest BCUT2D eigenvalue weighted by Crippen LogP contribution is -2.14. The van der Waals surface area contributed by atoms with Gasteiger partial charge in [0.2, 0.25) is 5.91 Å². The fraction of sp³-hybridized carbons (Fsp3) is 0.0625. The SMILES string of the molecule is O=C(Cc1csc(Nc2ccccn2)n1)Nc1cccc(Cl)c1. The molecule has 2 N–H and O–H groups in total. The first-order chi connectivity index (χ1) is 11.2. The summed E-state index contributed by atoms with van der Waals surface area (Å²) in [6.07, 6.45) is 1.90. The molecule has 1 amide bonds. The lowest BCUT2D eigenvalue weighted by molar-refractivity contribution is -0.115. The molecule has 2 aromatic heterocycles. The number of carbonyl (C=O) groups is 1. The molecule has 0 aliphatic heterocycles. The van der Waals surface area contributed by atoms with Crippen molar-refractivity contribution in [2.24, 2.45) is 0 Å². The molecule has 3 aromatic rings. The molecule has 0 unspecified atom stereocenters. The fourth-order valence-electron chi connectivity index (χ4n) is 1.93. The Labute approximate surface area is 142 Å². The zero-order valence-electron chi connectivity index (χ0n) is 12.0. The van der Waals surface area contributed by atoms with Crippen LogP contribution in [0.4, 0.5) is 16.6 Å². The molecular formula is C16H13ClN4OS. The Bertz CT molecular complexity index is 807. The third-order valence-corrected chi connectivity index (χ3v) is 3.94.